The van der Waals surface area contributed by atoms with Gasteiger partial charge in [-0.15, -0.1) is 0 Å². The number of hydrogen-bond acceptors (Lipinski definition) is 2. The van der Waals surface area contributed by atoms with E-state index in [1.807, 2.05) is 18.5 Å². The van der Waals surface area contributed by atoms with E-state index in [-0.39, 0.29) is 10.8 Å². The molecule has 0 spiro atoms. The Balaban J connectivity index is 1.78. The van der Waals surface area contributed by atoms with Crippen molar-refractivity contribution in [1.29, 1.82) is 0 Å². The largest absolute Gasteiger partial charge is 0.454 e. The summed E-state index contributed by atoms with van der Waals surface area (Å²) in [5.41, 5.74) is 8.83. The van der Waals surface area contributed by atoms with E-state index in [2.05, 4.69) is 87.7 Å². The molecular weight excluding hydrogens is 404 g/mol. The summed E-state index contributed by atoms with van der Waals surface area (Å²) < 4.78 is 9.05. The van der Waals surface area contributed by atoms with E-state index in [9.17, 15) is 0 Å². The molecule has 0 saturated carbocycles. The smallest absolute Gasteiger partial charge is 0.220 e. The van der Waals surface area contributed by atoms with Crippen molar-refractivity contribution in [2.45, 2.75) is 58.3 Å². The van der Waals surface area contributed by atoms with Gasteiger partial charge in [-0.05, 0) is 59.2 Å². The average molecular weight is 436 g/mol. The first-order valence-corrected chi connectivity index (χ1v) is 11.9. The molecule has 33 heavy (non-hydrogen) atoms. The molecule has 0 N–H and O–H groups in total. The third kappa shape index (κ3) is 2.81. The molecule has 3 nitrogen and oxygen atoms in total. The molecule has 0 saturated heterocycles. The summed E-state index contributed by atoms with van der Waals surface area (Å²) in [6.45, 7) is 11.8. The lowest BCUT2D eigenvalue weighted by Crippen LogP contribution is -2.41. The summed E-state index contributed by atoms with van der Waals surface area (Å²) in [7, 11) is 2.17. The Morgan fingerprint density at radius 3 is 2.39 bits per heavy atom. The summed E-state index contributed by atoms with van der Waals surface area (Å²) in [4.78, 5) is 4.37. The molecule has 3 aromatic heterocycles. The number of benzene rings is 2. The third-order valence-electron chi connectivity index (χ3n) is 7.98. The fourth-order valence-electron chi connectivity index (χ4n) is 5.93. The molecule has 0 unspecified atom stereocenters. The summed E-state index contributed by atoms with van der Waals surface area (Å²) >= 11 is 0. The summed E-state index contributed by atoms with van der Waals surface area (Å²) in [6.07, 6.45) is 8.37. The van der Waals surface area contributed by atoms with E-state index in [1.54, 1.807) is 0 Å². The van der Waals surface area contributed by atoms with Gasteiger partial charge in [-0.1, -0.05) is 45.9 Å². The van der Waals surface area contributed by atoms with E-state index in [4.69, 9.17) is 4.42 Å². The second-order valence-corrected chi connectivity index (χ2v) is 11.1. The highest BCUT2D eigenvalue weighted by atomic mass is 16.3. The van der Waals surface area contributed by atoms with Crippen molar-refractivity contribution < 1.29 is 8.98 Å². The van der Waals surface area contributed by atoms with E-state index in [1.165, 1.54) is 46.2 Å². The van der Waals surface area contributed by atoms with Gasteiger partial charge >= 0.3 is 0 Å². The summed E-state index contributed by atoms with van der Waals surface area (Å²) in [6, 6.07) is 13.2. The molecule has 0 aliphatic heterocycles. The van der Waals surface area contributed by atoms with Crippen LogP contribution in [0.4, 0.5) is 0 Å². The van der Waals surface area contributed by atoms with Gasteiger partial charge in [-0.25, -0.2) is 4.57 Å². The van der Waals surface area contributed by atoms with E-state index < -0.39 is 0 Å². The van der Waals surface area contributed by atoms with Crippen LogP contribution in [-0.2, 0) is 17.9 Å². The van der Waals surface area contributed by atoms with Gasteiger partial charge in [0.25, 0.3) is 0 Å². The lowest BCUT2D eigenvalue weighted by Gasteiger charge is -2.41. The van der Waals surface area contributed by atoms with Crippen LogP contribution in [-0.4, -0.2) is 4.98 Å². The molecule has 0 fully saturated rings. The van der Waals surface area contributed by atoms with Crippen LogP contribution in [0.25, 0.3) is 44.0 Å². The highest BCUT2D eigenvalue weighted by Crippen LogP contribution is 2.50. The number of furan rings is 1. The zero-order valence-corrected chi connectivity index (χ0v) is 20.4. The van der Waals surface area contributed by atoms with Crippen LogP contribution < -0.4 is 4.57 Å². The van der Waals surface area contributed by atoms with Gasteiger partial charge in [-0.2, -0.15) is 0 Å². The number of aryl methyl sites for hydroxylation is 2. The van der Waals surface area contributed by atoms with Gasteiger partial charge < -0.3 is 4.42 Å². The van der Waals surface area contributed by atoms with Crippen LogP contribution >= 0.6 is 0 Å². The predicted octanol–water partition coefficient (Wildman–Crippen LogP) is 7.28. The predicted molar refractivity (Wildman–Crippen MR) is 136 cm³/mol. The lowest BCUT2D eigenvalue weighted by atomic mass is 9.62. The molecule has 0 amide bonds. The van der Waals surface area contributed by atoms with Crippen molar-refractivity contribution in [2.75, 3.05) is 0 Å². The van der Waals surface area contributed by atoms with Crippen molar-refractivity contribution >= 4 is 32.7 Å². The maximum atomic E-state index is 6.74. The molecule has 3 heterocycles. The Bertz CT molecular complexity index is 1590. The summed E-state index contributed by atoms with van der Waals surface area (Å²) in [5.74, 6) is 0. The van der Waals surface area contributed by atoms with Gasteiger partial charge in [0.05, 0.1) is 5.56 Å². The van der Waals surface area contributed by atoms with Crippen molar-refractivity contribution in [3.63, 3.8) is 0 Å². The van der Waals surface area contributed by atoms with Crippen LogP contribution in [0.2, 0.25) is 0 Å². The van der Waals surface area contributed by atoms with E-state index in [0.717, 1.165) is 27.3 Å². The van der Waals surface area contributed by atoms with Gasteiger partial charge in [-0.3, -0.25) is 4.98 Å². The minimum Gasteiger partial charge on any atom is -0.454 e. The Labute approximate surface area is 195 Å². The Morgan fingerprint density at radius 2 is 1.58 bits per heavy atom. The Kier molecular flexibility index (Phi) is 4.12. The first kappa shape index (κ1) is 20.4. The van der Waals surface area contributed by atoms with Crippen molar-refractivity contribution in [1.82, 2.24) is 4.98 Å². The van der Waals surface area contributed by atoms with Gasteiger partial charge in [0.2, 0.25) is 5.69 Å². The molecule has 0 bridgehead atoms. The second-order valence-electron chi connectivity index (χ2n) is 11.1. The maximum absolute atomic E-state index is 6.74. The Morgan fingerprint density at radius 1 is 0.848 bits per heavy atom. The molecule has 1 aliphatic carbocycles. The van der Waals surface area contributed by atoms with E-state index >= 15 is 0 Å². The number of fused-ring (bicyclic) bond motifs is 6. The van der Waals surface area contributed by atoms with Crippen LogP contribution in [0.5, 0.6) is 0 Å². The van der Waals surface area contributed by atoms with Gasteiger partial charge in [0.15, 0.2) is 6.20 Å². The first-order chi connectivity index (χ1) is 15.7. The molecule has 6 rings (SSSR count). The topological polar surface area (TPSA) is 29.9 Å². The van der Waals surface area contributed by atoms with Crippen molar-refractivity contribution in [2.24, 2.45) is 7.05 Å². The van der Waals surface area contributed by atoms with Crippen molar-refractivity contribution in [3.05, 3.63) is 71.7 Å². The SMILES string of the molecule is Cc1ccc2c(oc3c4cnccc4ccc23)c1-c1c2c(cc[n+]1C)C(C)(C)CCC2(C)C. The molecule has 0 radical (unpaired) electrons. The fourth-order valence-corrected chi connectivity index (χ4v) is 5.93. The Hall–Kier alpha value is -3.20. The normalized spacial score (nSPS) is 17.0. The zero-order chi connectivity index (χ0) is 23.1. The molecule has 5 aromatic rings. The number of pyridine rings is 2. The van der Waals surface area contributed by atoms with Crippen LogP contribution in [0.3, 0.4) is 0 Å². The number of nitrogens with zero attached hydrogens (tertiary/aromatic N) is 2. The second kappa shape index (κ2) is 6.66. The molecular formula is C30H31N2O+. The molecule has 166 valence electrons. The zero-order valence-electron chi connectivity index (χ0n) is 20.4. The standard InChI is InChI=1S/C30H31N2O/c1-18-7-9-21-20-10-8-19-11-15-31-17-22(19)27(20)33-28(21)24(18)26-25-23(12-16-32(26)6)29(2,3)13-14-30(25,4)5/h7-12,15-17H,13-14H2,1-6H3/q+1. The van der Waals surface area contributed by atoms with Crippen LogP contribution in [0.1, 0.15) is 57.2 Å². The molecule has 3 heteroatoms. The van der Waals surface area contributed by atoms with Crippen LogP contribution in [0.15, 0.2) is 59.4 Å². The first-order valence-electron chi connectivity index (χ1n) is 11.9. The number of rotatable bonds is 1. The molecule has 2 aromatic carbocycles. The average Bonchev–Trinajstić information content (AvgIpc) is 3.16. The summed E-state index contributed by atoms with van der Waals surface area (Å²) in [5, 5.41) is 4.54. The van der Waals surface area contributed by atoms with Gasteiger partial charge in [0, 0.05) is 40.2 Å². The monoisotopic (exact) mass is 435 g/mol. The third-order valence-corrected chi connectivity index (χ3v) is 7.98. The minimum absolute atomic E-state index is 0.0937. The fraction of sp³-hybridized carbons (Fsp3) is 0.333. The highest BCUT2D eigenvalue weighted by Gasteiger charge is 2.43. The quantitative estimate of drug-likeness (QED) is 0.259. The van der Waals surface area contributed by atoms with Crippen LogP contribution in [0, 0.1) is 6.92 Å². The number of hydrogen-bond donors (Lipinski definition) is 0. The highest BCUT2D eigenvalue weighted by molar-refractivity contribution is 6.17. The van der Waals surface area contributed by atoms with E-state index in [0.29, 0.717) is 0 Å². The lowest BCUT2D eigenvalue weighted by molar-refractivity contribution is -0.661. The molecule has 1 aliphatic rings. The molecule has 0 atom stereocenters. The van der Waals surface area contributed by atoms with Crippen molar-refractivity contribution in [3.8, 4) is 11.3 Å². The van der Waals surface area contributed by atoms with Gasteiger partial charge in [0.1, 0.15) is 18.2 Å². The maximum Gasteiger partial charge on any atom is 0.220 e. The minimum atomic E-state index is 0.0937. The number of aromatic nitrogens is 2.